The van der Waals surface area contributed by atoms with Gasteiger partial charge in [-0.05, 0) is 13.3 Å². The summed E-state index contributed by atoms with van der Waals surface area (Å²) in [7, 11) is 3.83. The summed E-state index contributed by atoms with van der Waals surface area (Å²) in [5, 5.41) is 8.91. The largest absolute Gasteiger partial charge is 0.368 e. The van der Waals surface area contributed by atoms with E-state index in [0.717, 1.165) is 9.47 Å². The fraction of sp³-hybridized carbons (Fsp3) is 0.667. The van der Waals surface area contributed by atoms with Crippen molar-refractivity contribution in [3.8, 4) is 0 Å². The number of carbonyl (C=O) groups is 1. The molecule has 1 rings (SSSR count). The van der Waals surface area contributed by atoms with E-state index in [9.17, 15) is 4.79 Å². The first kappa shape index (κ1) is 14.2. The zero-order chi connectivity index (χ0) is 13.1. The lowest BCUT2D eigenvalue weighted by Crippen LogP contribution is -2.49. The summed E-state index contributed by atoms with van der Waals surface area (Å²) < 4.78 is 0.869. The second-order valence-electron chi connectivity index (χ2n) is 4.13. The van der Waals surface area contributed by atoms with Crippen molar-refractivity contribution in [1.29, 1.82) is 0 Å². The summed E-state index contributed by atoms with van der Waals surface area (Å²) >= 11 is 3.04. The minimum Gasteiger partial charge on any atom is -0.368 e. The molecule has 4 N–H and O–H groups in total. The van der Waals surface area contributed by atoms with Gasteiger partial charge in [0.15, 0.2) is 4.34 Å². The Hall–Kier alpha value is -0.860. The molecular formula is C9H17N5OS2. The summed E-state index contributed by atoms with van der Waals surface area (Å²) in [6, 6.07) is 0. The number of amides is 1. The molecule has 1 heterocycles. The van der Waals surface area contributed by atoms with Gasteiger partial charge in [-0.15, -0.1) is 10.2 Å². The topological polar surface area (TPSA) is 98.1 Å². The van der Waals surface area contributed by atoms with Gasteiger partial charge in [-0.3, -0.25) is 4.79 Å². The van der Waals surface area contributed by atoms with Crippen molar-refractivity contribution in [2.24, 2.45) is 11.5 Å². The van der Waals surface area contributed by atoms with Crippen LogP contribution in [0.3, 0.4) is 0 Å². The van der Waals surface area contributed by atoms with Crippen LogP contribution in [0.4, 0.5) is 5.13 Å². The van der Waals surface area contributed by atoms with E-state index in [1.54, 1.807) is 6.92 Å². The van der Waals surface area contributed by atoms with Crippen LogP contribution in [0.2, 0.25) is 0 Å². The van der Waals surface area contributed by atoms with Crippen molar-refractivity contribution in [3.63, 3.8) is 0 Å². The van der Waals surface area contributed by atoms with Gasteiger partial charge in [-0.1, -0.05) is 23.1 Å². The molecule has 0 aliphatic heterocycles. The van der Waals surface area contributed by atoms with Crippen LogP contribution < -0.4 is 16.4 Å². The molecule has 0 radical (unpaired) electrons. The standard InChI is InChI=1S/C9H17N5OS2/c1-9(11,6(10)15)4-5-16-8-13-12-7(17-8)14(2)3/h4-5,11H2,1-3H3,(H2,10,15). The predicted molar refractivity (Wildman–Crippen MR) is 71.4 cm³/mol. The number of anilines is 1. The average molecular weight is 275 g/mol. The maximum absolute atomic E-state index is 11.0. The van der Waals surface area contributed by atoms with E-state index in [1.165, 1.54) is 23.1 Å². The molecule has 0 aliphatic carbocycles. The minimum atomic E-state index is -0.956. The number of nitrogens with two attached hydrogens (primary N) is 2. The monoisotopic (exact) mass is 275 g/mol. The average Bonchev–Trinajstić information content (AvgIpc) is 2.66. The summed E-state index contributed by atoms with van der Waals surface area (Å²) in [6.45, 7) is 1.64. The number of thioether (sulfide) groups is 1. The molecule has 8 heteroatoms. The van der Waals surface area contributed by atoms with Crippen LogP contribution in [0.5, 0.6) is 0 Å². The molecule has 0 spiro atoms. The number of hydrogen-bond acceptors (Lipinski definition) is 7. The normalized spacial score (nSPS) is 14.4. The predicted octanol–water partition coefficient (Wildman–Crippen LogP) is 0.289. The third-order valence-corrected chi connectivity index (χ3v) is 4.41. The molecule has 0 aromatic carbocycles. The number of rotatable bonds is 6. The van der Waals surface area contributed by atoms with Gasteiger partial charge in [0.1, 0.15) is 0 Å². The zero-order valence-corrected chi connectivity index (χ0v) is 11.8. The zero-order valence-electron chi connectivity index (χ0n) is 10.1. The fourth-order valence-corrected chi connectivity index (χ4v) is 2.93. The highest BCUT2D eigenvalue weighted by molar-refractivity contribution is 8.01. The number of nitrogens with zero attached hydrogens (tertiary/aromatic N) is 3. The van der Waals surface area contributed by atoms with E-state index < -0.39 is 11.4 Å². The van der Waals surface area contributed by atoms with Crippen molar-refractivity contribution in [2.45, 2.75) is 23.2 Å². The maximum Gasteiger partial charge on any atom is 0.237 e. The van der Waals surface area contributed by atoms with Crippen LogP contribution in [0.1, 0.15) is 13.3 Å². The molecule has 1 aromatic rings. The lowest BCUT2D eigenvalue weighted by molar-refractivity contribution is -0.122. The van der Waals surface area contributed by atoms with Gasteiger partial charge in [0.2, 0.25) is 11.0 Å². The number of aromatic nitrogens is 2. The van der Waals surface area contributed by atoms with Crippen LogP contribution in [0.15, 0.2) is 4.34 Å². The molecule has 1 atom stereocenters. The minimum absolute atomic E-state index is 0.482. The van der Waals surface area contributed by atoms with Crippen molar-refractivity contribution in [1.82, 2.24) is 10.2 Å². The van der Waals surface area contributed by atoms with E-state index >= 15 is 0 Å². The van der Waals surface area contributed by atoms with Gasteiger partial charge in [-0.2, -0.15) is 0 Å². The summed E-state index contributed by atoms with van der Waals surface area (Å²) in [5.74, 6) is 0.210. The highest BCUT2D eigenvalue weighted by Gasteiger charge is 2.25. The molecule has 0 aliphatic rings. The summed E-state index contributed by atoms with van der Waals surface area (Å²) in [6.07, 6.45) is 0.518. The molecule has 0 saturated heterocycles. The Kier molecular flexibility index (Phi) is 4.72. The Bertz CT molecular complexity index is 390. The molecule has 1 aromatic heterocycles. The molecule has 0 fully saturated rings. The molecule has 1 unspecified atom stereocenters. The van der Waals surface area contributed by atoms with E-state index in [0.29, 0.717) is 12.2 Å². The van der Waals surface area contributed by atoms with Crippen molar-refractivity contribution < 1.29 is 4.79 Å². The fourth-order valence-electron chi connectivity index (χ4n) is 0.915. The van der Waals surface area contributed by atoms with Crippen molar-refractivity contribution in [2.75, 3.05) is 24.7 Å². The first-order chi connectivity index (χ1) is 7.83. The first-order valence-electron chi connectivity index (χ1n) is 5.05. The smallest absolute Gasteiger partial charge is 0.237 e. The van der Waals surface area contributed by atoms with Crippen molar-refractivity contribution >= 4 is 34.1 Å². The maximum atomic E-state index is 11.0. The first-order valence-corrected chi connectivity index (χ1v) is 6.85. The van der Waals surface area contributed by atoms with Gasteiger partial charge in [0.25, 0.3) is 0 Å². The van der Waals surface area contributed by atoms with E-state index in [-0.39, 0.29) is 0 Å². The molecule has 96 valence electrons. The van der Waals surface area contributed by atoms with Crippen molar-refractivity contribution in [3.05, 3.63) is 0 Å². The van der Waals surface area contributed by atoms with Crippen LogP contribution in [0.25, 0.3) is 0 Å². The van der Waals surface area contributed by atoms with E-state index in [1.807, 2.05) is 19.0 Å². The number of carbonyl (C=O) groups excluding carboxylic acids is 1. The van der Waals surface area contributed by atoms with E-state index in [4.69, 9.17) is 11.5 Å². The molecular weight excluding hydrogens is 258 g/mol. The SMILES string of the molecule is CN(C)c1nnc(SCCC(C)(N)C(N)=O)s1. The highest BCUT2D eigenvalue weighted by atomic mass is 32.2. The highest BCUT2D eigenvalue weighted by Crippen LogP contribution is 2.28. The Labute approximate surface area is 109 Å². The third-order valence-electron chi connectivity index (χ3n) is 2.19. The number of primary amides is 1. The van der Waals surface area contributed by atoms with Gasteiger partial charge in [0.05, 0.1) is 5.54 Å². The second kappa shape index (κ2) is 5.65. The van der Waals surface area contributed by atoms with Gasteiger partial charge in [0, 0.05) is 19.8 Å². The van der Waals surface area contributed by atoms with E-state index in [2.05, 4.69) is 10.2 Å². The Morgan fingerprint density at radius 1 is 1.53 bits per heavy atom. The molecule has 0 saturated carbocycles. The summed E-state index contributed by atoms with van der Waals surface area (Å²) in [4.78, 5) is 12.9. The second-order valence-corrected chi connectivity index (χ2v) is 6.42. The van der Waals surface area contributed by atoms with Gasteiger partial charge < -0.3 is 16.4 Å². The summed E-state index contributed by atoms with van der Waals surface area (Å²) in [5.41, 5.74) is 9.98. The Morgan fingerprint density at radius 2 is 2.18 bits per heavy atom. The molecule has 1 amide bonds. The molecule has 17 heavy (non-hydrogen) atoms. The Morgan fingerprint density at radius 3 is 2.65 bits per heavy atom. The van der Waals surface area contributed by atoms with Crippen LogP contribution in [0, 0.1) is 0 Å². The number of hydrogen-bond donors (Lipinski definition) is 2. The van der Waals surface area contributed by atoms with Crippen LogP contribution >= 0.6 is 23.1 Å². The lowest BCUT2D eigenvalue weighted by atomic mass is 10.0. The quantitative estimate of drug-likeness (QED) is 0.724. The third kappa shape index (κ3) is 4.14. The lowest BCUT2D eigenvalue weighted by Gasteiger charge is -2.19. The van der Waals surface area contributed by atoms with Crippen LogP contribution in [-0.4, -0.2) is 41.5 Å². The molecule has 6 nitrogen and oxygen atoms in total. The van der Waals surface area contributed by atoms with Gasteiger partial charge >= 0.3 is 0 Å². The Balaban J connectivity index is 2.43. The molecule has 0 bridgehead atoms. The van der Waals surface area contributed by atoms with Crippen LogP contribution in [-0.2, 0) is 4.79 Å². The van der Waals surface area contributed by atoms with Gasteiger partial charge in [-0.25, -0.2) is 0 Å².